The highest BCUT2D eigenvalue weighted by Gasteiger charge is 2.08. The molecule has 2 aromatic carbocycles. The van der Waals surface area contributed by atoms with Crippen LogP contribution in [0.1, 0.15) is 33.6 Å². The number of aryl methyl sites for hydroxylation is 1. The molecule has 1 aliphatic rings. The average molecular weight is 345 g/mol. The Morgan fingerprint density at radius 3 is 2.92 bits per heavy atom. The number of carbonyl (C=O) groups excluding carboxylic acids is 1. The van der Waals surface area contributed by atoms with E-state index in [1.54, 1.807) is 0 Å². The molecule has 1 heterocycles. The first kappa shape index (κ1) is 16.6. The van der Waals surface area contributed by atoms with Crippen LogP contribution in [0.5, 0.6) is 0 Å². The first-order valence-electron chi connectivity index (χ1n) is 9.14. The van der Waals surface area contributed by atoms with Gasteiger partial charge >= 0.3 is 0 Å². The standard InChI is InChI=1S/C22H23N3O/c26-22(21-14-19-7-3-4-8-20(19)25-21)24-12-11-23-15-16-9-10-17-5-1-2-6-18(17)13-16/h2-4,6-10,13-14,23,25H,1,5,11-12,15H2,(H,24,26). The van der Waals surface area contributed by atoms with Crippen molar-refractivity contribution in [1.82, 2.24) is 15.6 Å². The lowest BCUT2D eigenvalue weighted by Gasteiger charge is -2.12. The number of rotatable bonds is 6. The molecule has 132 valence electrons. The molecule has 0 fully saturated rings. The number of carbonyl (C=O) groups is 1. The quantitative estimate of drug-likeness (QED) is 0.597. The van der Waals surface area contributed by atoms with Crippen LogP contribution in [0, 0.1) is 0 Å². The molecule has 0 radical (unpaired) electrons. The third-order valence-corrected chi connectivity index (χ3v) is 4.78. The maximum absolute atomic E-state index is 12.2. The minimum absolute atomic E-state index is 0.0677. The van der Waals surface area contributed by atoms with Gasteiger partial charge in [0, 0.05) is 30.5 Å². The zero-order valence-corrected chi connectivity index (χ0v) is 14.7. The van der Waals surface area contributed by atoms with Gasteiger partial charge in [-0.3, -0.25) is 4.79 Å². The first-order valence-corrected chi connectivity index (χ1v) is 9.14. The number of para-hydroxylation sites is 1. The molecule has 26 heavy (non-hydrogen) atoms. The van der Waals surface area contributed by atoms with Crippen LogP contribution < -0.4 is 10.6 Å². The Kier molecular flexibility index (Phi) is 4.84. The minimum atomic E-state index is -0.0677. The molecule has 4 nitrogen and oxygen atoms in total. The third-order valence-electron chi connectivity index (χ3n) is 4.78. The van der Waals surface area contributed by atoms with Crippen molar-refractivity contribution in [1.29, 1.82) is 0 Å². The van der Waals surface area contributed by atoms with E-state index in [1.165, 1.54) is 16.7 Å². The van der Waals surface area contributed by atoms with Gasteiger partial charge in [0.25, 0.3) is 5.91 Å². The number of hydrogen-bond acceptors (Lipinski definition) is 2. The lowest BCUT2D eigenvalue weighted by atomic mass is 9.95. The van der Waals surface area contributed by atoms with Crippen molar-refractivity contribution in [3.05, 3.63) is 77.0 Å². The lowest BCUT2D eigenvalue weighted by molar-refractivity contribution is 0.0950. The van der Waals surface area contributed by atoms with E-state index in [0.29, 0.717) is 12.2 Å². The molecular weight excluding hydrogens is 322 g/mol. The summed E-state index contributed by atoms with van der Waals surface area (Å²) < 4.78 is 0. The highest BCUT2D eigenvalue weighted by molar-refractivity contribution is 5.97. The SMILES string of the molecule is O=C(NCCNCc1ccc2c(c1)C=CCC2)c1cc2ccccc2[nH]1. The van der Waals surface area contributed by atoms with Gasteiger partial charge in [-0.15, -0.1) is 0 Å². The number of allylic oxidation sites excluding steroid dienone is 1. The fourth-order valence-corrected chi connectivity index (χ4v) is 3.37. The van der Waals surface area contributed by atoms with E-state index >= 15 is 0 Å². The van der Waals surface area contributed by atoms with Crippen molar-refractivity contribution in [3.63, 3.8) is 0 Å². The Labute approximate surface area is 153 Å². The number of amides is 1. The minimum Gasteiger partial charge on any atom is -0.351 e. The maximum atomic E-state index is 12.2. The number of aromatic amines is 1. The van der Waals surface area contributed by atoms with E-state index in [9.17, 15) is 4.79 Å². The van der Waals surface area contributed by atoms with Crippen molar-refractivity contribution in [2.24, 2.45) is 0 Å². The van der Waals surface area contributed by atoms with Gasteiger partial charge in [-0.25, -0.2) is 0 Å². The van der Waals surface area contributed by atoms with Gasteiger partial charge in [0.05, 0.1) is 0 Å². The summed E-state index contributed by atoms with van der Waals surface area (Å²) in [6.07, 6.45) is 6.72. The summed E-state index contributed by atoms with van der Waals surface area (Å²) in [5.41, 5.74) is 5.63. The van der Waals surface area contributed by atoms with Crippen molar-refractivity contribution in [2.75, 3.05) is 13.1 Å². The van der Waals surface area contributed by atoms with Gasteiger partial charge in [0.1, 0.15) is 5.69 Å². The van der Waals surface area contributed by atoms with Gasteiger partial charge in [-0.05, 0) is 41.7 Å². The Morgan fingerprint density at radius 1 is 1.08 bits per heavy atom. The van der Waals surface area contributed by atoms with Crippen LogP contribution in [0.4, 0.5) is 0 Å². The first-order chi connectivity index (χ1) is 12.8. The molecule has 0 saturated heterocycles. The molecule has 1 aliphatic carbocycles. The van der Waals surface area contributed by atoms with Gasteiger partial charge < -0.3 is 15.6 Å². The molecule has 1 amide bonds. The zero-order chi connectivity index (χ0) is 17.8. The summed E-state index contributed by atoms with van der Waals surface area (Å²) in [5.74, 6) is -0.0677. The Balaban J connectivity index is 1.24. The molecule has 0 bridgehead atoms. The van der Waals surface area contributed by atoms with E-state index in [4.69, 9.17) is 0 Å². The maximum Gasteiger partial charge on any atom is 0.267 e. The molecule has 0 atom stereocenters. The van der Waals surface area contributed by atoms with Crippen LogP contribution >= 0.6 is 0 Å². The number of aromatic nitrogens is 1. The van der Waals surface area contributed by atoms with E-state index in [2.05, 4.69) is 46.0 Å². The molecule has 0 unspecified atom stereocenters. The monoisotopic (exact) mass is 345 g/mol. The summed E-state index contributed by atoms with van der Waals surface area (Å²) >= 11 is 0. The van der Waals surface area contributed by atoms with Gasteiger partial charge in [0.15, 0.2) is 0 Å². The third kappa shape index (κ3) is 3.70. The number of hydrogen-bond donors (Lipinski definition) is 3. The predicted octanol–water partition coefficient (Wildman–Crippen LogP) is 3.65. The Hall–Kier alpha value is -2.85. The number of H-pyrrole nitrogens is 1. The van der Waals surface area contributed by atoms with E-state index in [-0.39, 0.29) is 5.91 Å². The van der Waals surface area contributed by atoms with Crippen LogP contribution in [-0.4, -0.2) is 24.0 Å². The summed E-state index contributed by atoms with van der Waals surface area (Å²) in [6, 6.07) is 16.5. The van der Waals surface area contributed by atoms with Crippen LogP contribution in [0.25, 0.3) is 17.0 Å². The largest absolute Gasteiger partial charge is 0.351 e. The smallest absolute Gasteiger partial charge is 0.267 e. The average Bonchev–Trinajstić information content (AvgIpc) is 3.12. The lowest BCUT2D eigenvalue weighted by Crippen LogP contribution is -2.31. The van der Waals surface area contributed by atoms with Crippen LogP contribution in [0.2, 0.25) is 0 Å². The number of nitrogens with one attached hydrogen (secondary N) is 3. The molecule has 4 heteroatoms. The molecule has 3 N–H and O–H groups in total. The molecule has 0 spiro atoms. The predicted molar refractivity (Wildman–Crippen MR) is 106 cm³/mol. The highest BCUT2D eigenvalue weighted by Crippen LogP contribution is 2.20. The molecule has 1 aromatic heterocycles. The van der Waals surface area contributed by atoms with Crippen LogP contribution in [0.15, 0.2) is 54.6 Å². The second kappa shape index (κ2) is 7.58. The summed E-state index contributed by atoms with van der Waals surface area (Å²) in [7, 11) is 0. The molecule has 3 aromatic rings. The van der Waals surface area contributed by atoms with E-state index < -0.39 is 0 Å². The summed E-state index contributed by atoms with van der Waals surface area (Å²) in [5, 5.41) is 7.40. The molecular formula is C22H23N3O. The van der Waals surface area contributed by atoms with Crippen molar-refractivity contribution in [2.45, 2.75) is 19.4 Å². The van der Waals surface area contributed by atoms with E-state index in [1.807, 2.05) is 30.3 Å². The van der Waals surface area contributed by atoms with Crippen LogP contribution in [0.3, 0.4) is 0 Å². The Bertz CT molecular complexity index is 922. The van der Waals surface area contributed by atoms with Gasteiger partial charge in [-0.2, -0.15) is 0 Å². The van der Waals surface area contributed by atoms with Crippen molar-refractivity contribution >= 4 is 22.9 Å². The normalized spacial score (nSPS) is 12.9. The zero-order valence-electron chi connectivity index (χ0n) is 14.7. The molecule has 0 aliphatic heterocycles. The number of benzene rings is 2. The summed E-state index contributed by atoms with van der Waals surface area (Å²) in [6.45, 7) is 2.14. The van der Waals surface area contributed by atoms with Gasteiger partial charge in [-0.1, -0.05) is 48.6 Å². The Morgan fingerprint density at radius 2 is 2.00 bits per heavy atom. The number of fused-ring (bicyclic) bond motifs is 2. The second-order valence-corrected chi connectivity index (χ2v) is 6.68. The van der Waals surface area contributed by atoms with Crippen molar-refractivity contribution < 1.29 is 4.79 Å². The second-order valence-electron chi connectivity index (χ2n) is 6.68. The fraction of sp³-hybridized carbons (Fsp3) is 0.227. The van der Waals surface area contributed by atoms with Crippen LogP contribution in [-0.2, 0) is 13.0 Å². The van der Waals surface area contributed by atoms with Crippen molar-refractivity contribution in [3.8, 4) is 0 Å². The molecule has 4 rings (SSSR count). The van der Waals surface area contributed by atoms with Gasteiger partial charge in [0.2, 0.25) is 0 Å². The molecule has 0 saturated carbocycles. The van der Waals surface area contributed by atoms with E-state index in [0.717, 1.165) is 36.8 Å². The topological polar surface area (TPSA) is 56.9 Å². The fourth-order valence-electron chi connectivity index (χ4n) is 3.37. The highest BCUT2D eigenvalue weighted by atomic mass is 16.1. The summed E-state index contributed by atoms with van der Waals surface area (Å²) in [4.78, 5) is 15.4.